The van der Waals surface area contributed by atoms with Crippen molar-refractivity contribution in [1.82, 2.24) is 15.5 Å². The van der Waals surface area contributed by atoms with Crippen molar-refractivity contribution in [2.75, 3.05) is 12.3 Å². The van der Waals surface area contributed by atoms with Crippen LogP contribution in [0.15, 0.2) is 42.5 Å². The summed E-state index contributed by atoms with van der Waals surface area (Å²) in [7, 11) is 0. The van der Waals surface area contributed by atoms with Gasteiger partial charge in [-0.3, -0.25) is 4.79 Å². The average Bonchev–Trinajstić information content (AvgIpc) is 2.52. The Hall–Kier alpha value is -2.43. The number of carbonyl (C=O) groups excluding carboxylic acids is 1. The maximum atomic E-state index is 12.0. The van der Waals surface area contributed by atoms with Gasteiger partial charge in [-0.2, -0.15) is 0 Å². The van der Waals surface area contributed by atoms with Gasteiger partial charge >= 0.3 is 0 Å². The second-order valence-corrected chi connectivity index (χ2v) is 5.02. The molecule has 1 aromatic heterocycles. The van der Waals surface area contributed by atoms with Gasteiger partial charge in [-0.1, -0.05) is 43.7 Å². The van der Waals surface area contributed by atoms with Crippen LogP contribution < -0.4 is 11.1 Å². The number of rotatable bonds is 6. The zero-order valence-electron chi connectivity index (χ0n) is 12.1. The van der Waals surface area contributed by atoms with Crippen molar-refractivity contribution in [3.05, 3.63) is 53.7 Å². The van der Waals surface area contributed by atoms with Crippen LogP contribution >= 0.6 is 0 Å². The van der Waals surface area contributed by atoms with Crippen molar-refractivity contribution in [2.24, 2.45) is 5.92 Å². The Kier molecular flexibility index (Phi) is 5.26. The van der Waals surface area contributed by atoms with Gasteiger partial charge in [0.25, 0.3) is 5.91 Å². The Morgan fingerprint density at radius 2 is 1.95 bits per heavy atom. The van der Waals surface area contributed by atoms with Crippen molar-refractivity contribution < 1.29 is 4.79 Å². The van der Waals surface area contributed by atoms with Crippen LogP contribution in [0, 0.1) is 5.92 Å². The SMILES string of the molecule is CCC(CNC(=O)c1ccc(N)nn1)Cc1ccccc1. The van der Waals surface area contributed by atoms with E-state index in [4.69, 9.17) is 5.73 Å². The van der Waals surface area contributed by atoms with E-state index in [0.717, 1.165) is 12.8 Å². The Morgan fingerprint density at radius 3 is 2.57 bits per heavy atom. The van der Waals surface area contributed by atoms with Gasteiger partial charge in [-0.05, 0) is 30.0 Å². The number of nitrogens with one attached hydrogen (secondary N) is 1. The molecule has 110 valence electrons. The van der Waals surface area contributed by atoms with Crippen LogP contribution in [0.3, 0.4) is 0 Å². The topological polar surface area (TPSA) is 80.9 Å². The molecule has 0 aliphatic rings. The lowest BCUT2D eigenvalue weighted by Gasteiger charge is -2.15. The molecular weight excluding hydrogens is 264 g/mol. The first-order chi connectivity index (χ1) is 10.2. The molecule has 5 nitrogen and oxygen atoms in total. The second-order valence-electron chi connectivity index (χ2n) is 5.02. The fraction of sp³-hybridized carbons (Fsp3) is 0.312. The van der Waals surface area contributed by atoms with Crippen LogP contribution in [0.4, 0.5) is 5.82 Å². The number of nitrogens with two attached hydrogens (primary N) is 1. The molecule has 0 bridgehead atoms. The molecule has 21 heavy (non-hydrogen) atoms. The second kappa shape index (κ2) is 7.38. The predicted molar refractivity (Wildman–Crippen MR) is 82.7 cm³/mol. The fourth-order valence-corrected chi connectivity index (χ4v) is 2.10. The molecule has 0 aliphatic carbocycles. The molecule has 1 heterocycles. The zero-order valence-corrected chi connectivity index (χ0v) is 12.1. The van der Waals surface area contributed by atoms with E-state index >= 15 is 0 Å². The van der Waals surface area contributed by atoms with E-state index in [0.29, 0.717) is 24.0 Å². The smallest absolute Gasteiger partial charge is 0.271 e. The summed E-state index contributed by atoms with van der Waals surface area (Å²) in [5, 5.41) is 10.4. The van der Waals surface area contributed by atoms with Crippen LogP contribution in [-0.2, 0) is 6.42 Å². The van der Waals surface area contributed by atoms with Gasteiger partial charge in [0.1, 0.15) is 5.82 Å². The minimum Gasteiger partial charge on any atom is -0.382 e. The summed E-state index contributed by atoms with van der Waals surface area (Å²) in [4.78, 5) is 12.0. The third kappa shape index (κ3) is 4.56. The highest BCUT2D eigenvalue weighted by atomic mass is 16.1. The standard InChI is InChI=1S/C16H20N4O/c1-2-12(10-13-6-4-3-5-7-13)11-18-16(21)14-8-9-15(17)20-19-14/h3-9,12H,2,10-11H2,1H3,(H2,17,20)(H,18,21). The van der Waals surface area contributed by atoms with Gasteiger partial charge in [-0.15, -0.1) is 10.2 Å². The summed E-state index contributed by atoms with van der Waals surface area (Å²) in [6, 6.07) is 13.4. The molecule has 0 saturated carbocycles. The number of anilines is 1. The quantitative estimate of drug-likeness (QED) is 0.850. The molecule has 2 rings (SSSR count). The van der Waals surface area contributed by atoms with Crippen molar-refractivity contribution in [1.29, 1.82) is 0 Å². The molecule has 1 atom stereocenters. The van der Waals surface area contributed by atoms with Gasteiger partial charge < -0.3 is 11.1 Å². The number of hydrogen-bond acceptors (Lipinski definition) is 4. The summed E-state index contributed by atoms with van der Waals surface area (Å²) >= 11 is 0. The predicted octanol–water partition coefficient (Wildman–Crippen LogP) is 2.06. The van der Waals surface area contributed by atoms with Crippen molar-refractivity contribution in [3.8, 4) is 0 Å². The highest BCUT2D eigenvalue weighted by Gasteiger charge is 2.12. The normalized spacial score (nSPS) is 11.9. The third-order valence-corrected chi connectivity index (χ3v) is 3.41. The fourth-order valence-electron chi connectivity index (χ4n) is 2.10. The average molecular weight is 284 g/mol. The molecule has 1 amide bonds. The first-order valence-electron chi connectivity index (χ1n) is 7.10. The van der Waals surface area contributed by atoms with E-state index in [-0.39, 0.29) is 5.91 Å². The van der Waals surface area contributed by atoms with Crippen molar-refractivity contribution in [2.45, 2.75) is 19.8 Å². The minimum atomic E-state index is -0.214. The molecule has 2 aromatic rings. The summed E-state index contributed by atoms with van der Waals surface area (Å²) in [5.74, 6) is 0.495. The van der Waals surface area contributed by atoms with E-state index in [9.17, 15) is 4.79 Å². The number of amides is 1. The molecule has 1 unspecified atom stereocenters. The first-order valence-corrected chi connectivity index (χ1v) is 7.10. The lowest BCUT2D eigenvalue weighted by molar-refractivity contribution is 0.0940. The molecule has 0 radical (unpaired) electrons. The number of nitrogen functional groups attached to an aromatic ring is 1. The number of benzene rings is 1. The van der Waals surface area contributed by atoms with Crippen LogP contribution in [0.25, 0.3) is 0 Å². The number of aromatic nitrogens is 2. The minimum absolute atomic E-state index is 0.214. The highest BCUT2D eigenvalue weighted by molar-refractivity contribution is 5.92. The largest absolute Gasteiger partial charge is 0.382 e. The Labute approximate surface area is 124 Å². The van der Waals surface area contributed by atoms with Crippen LogP contribution in [0.5, 0.6) is 0 Å². The van der Waals surface area contributed by atoms with E-state index in [1.54, 1.807) is 12.1 Å². The number of nitrogens with zero attached hydrogens (tertiary/aromatic N) is 2. The summed E-state index contributed by atoms with van der Waals surface area (Å²) in [5.41, 5.74) is 7.02. The molecule has 1 aromatic carbocycles. The van der Waals surface area contributed by atoms with Gasteiger partial charge in [0.05, 0.1) is 0 Å². The van der Waals surface area contributed by atoms with E-state index in [2.05, 4.69) is 34.6 Å². The Morgan fingerprint density at radius 1 is 1.19 bits per heavy atom. The van der Waals surface area contributed by atoms with E-state index in [1.165, 1.54) is 5.56 Å². The molecule has 0 fully saturated rings. The summed E-state index contributed by atoms with van der Waals surface area (Å²) in [6.45, 7) is 2.75. The monoisotopic (exact) mass is 284 g/mol. The van der Waals surface area contributed by atoms with Crippen LogP contribution in [0.1, 0.15) is 29.4 Å². The Balaban J connectivity index is 1.88. The number of carbonyl (C=O) groups is 1. The third-order valence-electron chi connectivity index (χ3n) is 3.41. The molecule has 0 aliphatic heterocycles. The Bertz CT molecular complexity index is 569. The molecule has 5 heteroatoms. The molecular formula is C16H20N4O. The highest BCUT2D eigenvalue weighted by Crippen LogP contribution is 2.11. The maximum Gasteiger partial charge on any atom is 0.271 e. The van der Waals surface area contributed by atoms with E-state index < -0.39 is 0 Å². The van der Waals surface area contributed by atoms with Crippen molar-refractivity contribution >= 4 is 11.7 Å². The molecule has 3 N–H and O–H groups in total. The maximum absolute atomic E-state index is 12.0. The molecule has 0 spiro atoms. The zero-order chi connectivity index (χ0) is 15.1. The van der Waals surface area contributed by atoms with Crippen molar-refractivity contribution in [3.63, 3.8) is 0 Å². The summed E-state index contributed by atoms with van der Waals surface area (Å²) in [6.07, 6.45) is 1.95. The van der Waals surface area contributed by atoms with Crippen LogP contribution in [0.2, 0.25) is 0 Å². The van der Waals surface area contributed by atoms with Gasteiger partial charge in [0.15, 0.2) is 5.69 Å². The lowest BCUT2D eigenvalue weighted by atomic mass is 9.97. The number of hydrogen-bond donors (Lipinski definition) is 2. The van der Waals surface area contributed by atoms with Gasteiger partial charge in [0, 0.05) is 6.54 Å². The van der Waals surface area contributed by atoms with Crippen LogP contribution in [-0.4, -0.2) is 22.6 Å². The van der Waals surface area contributed by atoms with E-state index in [1.807, 2.05) is 18.2 Å². The lowest BCUT2D eigenvalue weighted by Crippen LogP contribution is -2.30. The van der Waals surface area contributed by atoms with Gasteiger partial charge in [0.2, 0.25) is 0 Å². The van der Waals surface area contributed by atoms with Gasteiger partial charge in [-0.25, -0.2) is 0 Å². The summed E-state index contributed by atoms with van der Waals surface area (Å²) < 4.78 is 0. The molecule has 0 saturated heterocycles. The first kappa shape index (κ1) is 15.0.